The summed E-state index contributed by atoms with van der Waals surface area (Å²) in [7, 11) is 0. The Balaban J connectivity index is 1.69. The molecule has 0 aromatic rings. The Morgan fingerprint density at radius 1 is 1.25 bits per heavy atom. The summed E-state index contributed by atoms with van der Waals surface area (Å²) in [5, 5.41) is 6.53. The maximum Gasteiger partial charge on any atom is 0.240 e. The van der Waals surface area contributed by atoms with Crippen molar-refractivity contribution in [1.82, 2.24) is 15.5 Å². The van der Waals surface area contributed by atoms with Crippen molar-refractivity contribution in [2.75, 3.05) is 32.7 Å². The van der Waals surface area contributed by atoms with E-state index >= 15 is 0 Å². The third-order valence-corrected chi connectivity index (χ3v) is 4.75. The number of amides is 1. The number of likely N-dealkylation sites (tertiary alicyclic amines) is 1. The van der Waals surface area contributed by atoms with Crippen molar-refractivity contribution in [3.63, 3.8) is 0 Å². The molecular weight excluding hydrogens is 250 g/mol. The lowest BCUT2D eigenvalue weighted by Crippen LogP contribution is -2.57. The van der Waals surface area contributed by atoms with E-state index in [1.54, 1.807) is 0 Å². The SMILES string of the molecule is CC(CNC(=O)C1(C)CCCCN1)CN1CCCCC1. The Morgan fingerprint density at radius 3 is 2.65 bits per heavy atom. The Morgan fingerprint density at radius 2 is 2.00 bits per heavy atom. The summed E-state index contributed by atoms with van der Waals surface area (Å²) >= 11 is 0. The molecule has 0 aromatic carbocycles. The van der Waals surface area contributed by atoms with Gasteiger partial charge in [0.1, 0.15) is 0 Å². The average Bonchev–Trinajstić information content (AvgIpc) is 2.46. The maximum absolute atomic E-state index is 12.3. The highest BCUT2D eigenvalue weighted by atomic mass is 16.2. The van der Waals surface area contributed by atoms with Crippen LogP contribution in [0.25, 0.3) is 0 Å². The minimum atomic E-state index is -0.344. The van der Waals surface area contributed by atoms with Crippen LogP contribution in [-0.4, -0.2) is 49.1 Å². The van der Waals surface area contributed by atoms with Gasteiger partial charge in [0, 0.05) is 13.1 Å². The van der Waals surface area contributed by atoms with E-state index in [9.17, 15) is 4.79 Å². The van der Waals surface area contributed by atoms with Crippen molar-refractivity contribution >= 4 is 5.91 Å². The van der Waals surface area contributed by atoms with Gasteiger partial charge in [-0.15, -0.1) is 0 Å². The minimum Gasteiger partial charge on any atom is -0.354 e. The minimum absolute atomic E-state index is 0.183. The molecule has 4 nitrogen and oxygen atoms in total. The molecule has 2 aliphatic rings. The highest BCUT2D eigenvalue weighted by Gasteiger charge is 2.34. The van der Waals surface area contributed by atoms with E-state index in [2.05, 4.69) is 22.5 Å². The summed E-state index contributed by atoms with van der Waals surface area (Å²) in [6.07, 6.45) is 7.35. The number of piperidine rings is 2. The second kappa shape index (κ2) is 7.41. The Labute approximate surface area is 123 Å². The van der Waals surface area contributed by atoms with Gasteiger partial charge in [-0.2, -0.15) is 0 Å². The Kier molecular flexibility index (Phi) is 5.85. The number of hydrogen-bond acceptors (Lipinski definition) is 3. The van der Waals surface area contributed by atoms with E-state index in [4.69, 9.17) is 0 Å². The molecule has 0 bridgehead atoms. The molecule has 2 unspecified atom stereocenters. The van der Waals surface area contributed by atoms with Crippen molar-refractivity contribution in [3.05, 3.63) is 0 Å². The van der Waals surface area contributed by atoms with E-state index in [-0.39, 0.29) is 11.4 Å². The topological polar surface area (TPSA) is 44.4 Å². The fourth-order valence-electron chi connectivity index (χ4n) is 3.36. The number of rotatable bonds is 5. The van der Waals surface area contributed by atoms with Gasteiger partial charge in [-0.05, 0) is 64.6 Å². The first-order chi connectivity index (χ1) is 9.60. The molecule has 2 N–H and O–H groups in total. The maximum atomic E-state index is 12.3. The van der Waals surface area contributed by atoms with Gasteiger partial charge >= 0.3 is 0 Å². The number of carbonyl (C=O) groups excluding carboxylic acids is 1. The van der Waals surface area contributed by atoms with E-state index in [0.29, 0.717) is 5.92 Å². The number of carbonyl (C=O) groups is 1. The van der Waals surface area contributed by atoms with Crippen LogP contribution in [0.15, 0.2) is 0 Å². The molecule has 1 amide bonds. The monoisotopic (exact) mass is 281 g/mol. The lowest BCUT2D eigenvalue weighted by Gasteiger charge is -2.34. The first-order valence-corrected chi connectivity index (χ1v) is 8.36. The first kappa shape index (κ1) is 15.8. The van der Waals surface area contributed by atoms with Crippen molar-refractivity contribution in [1.29, 1.82) is 0 Å². The van der Waals surface area contributed by atoms with Crippen LogP contribution in [0.3, 0.4) is 0 Å². The van der Waals surface area contributed by atoms with E-state index in [0.717, 1.165) is 32.5 Å². The predicted octanol–water partition coefficient (Wildman–Crippen LogP) is 1.76. The zero-order valence-electron chi connectivity index (χ0n) is 13.2. The molecule has 0 saturated carbocycles. The molecule has 0 aliphatic carbocycles. The first-order valence-electron chi connectivity index (χ1n) is 8.36. The predicted molar refractivity (Wildman–Crippen MR) is 82.7 cm³/mol. The molecule has 116 valence electrons. The summed E-state index contributed by atoms with van der Waals surface area (Å²) in [6.45, 7) is 9.63. The van der Waals surface area contributed by atoms with Crippen LogP contribution in [0.5, 0.6) is 0 Å². The van der Waals surface area contributed by atoms with Crippen LogP contribution in [-0.2, 0) is 4.79 Å². The molecule has 2 atom stereocenters. The van der Waals surface area contributed by atoms with Gasteiger partial charge in [0.05, 0.1) is 5.54 Å². The quantitative estimate of drug-likeness (QED) is 0.807. The van der Waals surface area contributed by atoms with Crippen LogP contribution < -0.4 is 10.6 Å². The molecule has 0 aromatic heterocycles. The summed E-state index contributed by atoms with van der Waals surface area (Å²) < 4.78 is 0. The van der Waals surface area contributed by atoms with E-state index in [1.165, 1.54) is 38.8 Å². The van der Waals surface area contributed by atoms with E-state index < -0.39 is 0 Å². The molecule has 0 spiro atoms. The molecule has 2 rings (SSSR count). The third kappa shape index (κ3) is 4.45. The average molecular weight is 281 g/mol. The molecule has 20 heavy (non-hydrogen) atoms. The van der Waals surface area contributed by atoms with Gasteiger partial charge in [0.2, 0.25) is 5.91 Å². The van der Waals surface area contributed by atoms with E-state index in [1.807, 2.05) is 6.92 Å². The van der Waals surface area contributed by atoms with Crippen LogP contribution in [0.4, 0.5) is 0 Å². The van der Waals surface area contributed by atoms with Crippen LogP contribution >= 0.6 is 0 Å². The molecular formula is C16H31N3O. The highest BCUT2D eigenvalue weighted by molar-refractivity contribution is 5.85. The van der Waals surface area contributed by atoms with Gasteiger partial charge in [-0.1, -0.05) is 13.3 Å². The van der Waals surface area contributed by atoms with Crippen LogP contribution in [0, 0.1) is 5.92 Å². The molecule has 2 fully saturated rings. The van der Waals surface area contributed by atoms with Crippen molar-refractivity contribution < 1.29 is 4.79 Å². The highest BCUT2D eigenvalue weighted by Crippen LogP contribution is 2.19. The molecule has 4 heteroatoms. The summed E-state index contributed by atoms with van der Waals surface area (Å²) in [5.41, 5.74) is -0.344. The fourth-order valence-corrected chi connectivity index (χ4v) is 3.36. The second-order valence-electron chi connectivity index (χ2n) is 6.89. The standard InChI is InChI=1S/C16H31N3O/c1-14(13-19-10-6-3-7-11-19)12-17-15(20)16(2)8-4-5-9-18-16/h14,18H,3-13H2,1-2H3,(H,17,20). The lowest BCUT2D eigenvalue weighted by molar-refractivity contribution is -0.128. The van der Waals surface area contributed by atoms with Crippen LogP contribution in [0.2, 0.25) is 0 Å². The van der Waals surface area contributed by atoms with Crippen molar-refractivity contribution in [2.24, 2.45) is 5.92 Å². The van der Waals surface area contributed by atoms with Gasteiger partial charge in [-0.25, -0.2) is 0 Å². The molecule has 2 aliphatic heterocycles. The number of nitrogens with zero attached hydrogens (tertiary/aromatic N) is 1. The Hall–Kier alpha value is -0.610. The number of nitrogens with one attached hydrogen (secondary N) is 2. The molecule has 2 saturated heterocycles. The summed E-state index contributed by atoms with van der Waals surface area (Å²) in [4.78, 5) is 14.9. The zero-order valence-corrected chi connectivity index (χ0v) is 13.2. The number of hydrogen-bond donors (Lipinski definition) is 2. The fraction of sp³-hybridized carbons (Fsp3) is 0.938. The van der Waals surface area contributed by atoms with Gasteiger partial charge in [0.25, 0.3) is 0 Å². The van der Waals surface area contributed by atoms with Gasteiger partial charge < -0.3 is 15.5 Å². The van der Waals surface area contributed by atoms with Crippen LogP contribution in [0.1, 0.15) is 52.4 Å². The normalized spacial score (nSPS) is 29.9. The smallest absolute Gasteiger partial charge is 0.240 e. The Bertz CT molecular complexity index is 307. The van der Waals surface area contributed by atoms with Crippen molar-refractivity contribution in [2.45, 2.75) is 57.9 Å². The van der Waals surface area contributed by atoms with Gasteiger partial charge in [0.15, 0.2) is 0 Å². The largest absolute Gasteiger partial charge is 0.354 e. The molecule has 0 radical (unpaired) electrons. The third-order valence-electron chi connectivity index (χ3n) is 4.75. The zero-order chi connectivity index (χ0) is 14.4. The van der Waals surface area contributed by atoms with Gasteiger partial charge in [-0.3, -0.25) is 4.79 Å². The lowest BCUT2D eigenvalue weighted by atomic mass is 9.90. The van der Waals surface area contributed by atoms with Crippen molar-refractivity contribution in [3.8, 4) is 0 Å². The summed E-state index contributed by atoms with van der Waals surface area (Å²) in [5.74, 6) is 0.715. The summed E-state index contributed by atoms with van der Waals surface area (Å²) in [6, 6.07) is 0. The molecule has 2 heterocycles. The second-order valence-corrected chi connectivity index (χ2v) is 6.89.